The fourth-order valence-electron chi connectivity index (χ4n) is 9.40. The number of amides is 2. The summed E-state index contributed by atoms with van der Waals surface area (Å²) in [4.78, 5) is 54.7. The molecule has 2 aromatic rings. The van der Waals surface area contributed by atoms with Crippen LogP contribution in [0.4, 0.5) is 26.3 Å². The lowest BCUT2D eigenvalue weighted by Crippen LogP contribution is -2.47. The molecule has 0 spiro atoms. The molecule has 4 aliphatic rings. The summed E-state index contributed by atoms with van der Waals surface area (Å²) in [5.74, 6) is -3.17. The monoisotopic (exact) mass is 826 g/mol. The van der Waals surface area contributed by atoms with Crippen LogP contribution in [0.3, 0.4) is 0 Å². The van der Waals surface area contributed by atoms with Crippen LogP contribution in [0.1, 0.15) is 75.1 Å². The highest BCUT2D eigenvalue weighted by molar-refractivity contribution is 5.81. The molecule has 12 nitrogen and oxygen atoms in total. The summed E-state index contributed by atoms with van der Waals surface area (Å²) in [6.07, 6.45) is -3.85. The zero-order valence-electron chi connectivity index (χ0n) is 32.9. The van der Waals surface area contributed by atoms with Gasteiger partial charge in [0.2, 0.25) is 11.8 Å². The third-order valence-electron chi connectivity index (χ3n) is 11.7. The standard InChI is InChI=1S/2C20H26F3N3O3/c2*1-3-5-12-6-7-14-17-16(18(28)24-4-2)13(11-27)15(10-26(14)19(12)29)25(17)9-8-20(21,22)23/h2*3,5-7,13,15-17,27H,4,8-11H2,1-2H3,(H,24,28)/b5-3+;5-3-/t2*13-,15-,16+,17+/m00/s1. The first-order chi connectivity index (χ1) is 27.5. The molecule has 0 radical (unpaired) electrons. The number of rotatable bonds is 12. The first-order valence-corrected chi connectivity index (χ1v) is 19.6. The SMILES string of the molecule is C/C=C/c1ccc2n(c1=O)C[C@H]1[C@H](CO)[C@@H](C(=O)NCC)[C@@H]2N1CCC(F)(F)F.C/C=C\c1ccc2n(c1=O)C[C@H]1[C@H](CO)[C@@H](C(=O)NCC)[C@@H]2N1CCC(F)(F)F. The van der Waals surface area contributed by atoms with Gasteiger partial charge in [0.05, 0.1) is 36.8 Å². The Morgan fingerprint density at radius 2 is 1.05 bits per heavy atom. The molecule has 18 heteroatoms. The Hall–Kier alpha value is -4.26. The number of pyridine rings is 2. The Morgan fingerprint density at radius 3 is 1.34 bits per heavy atom. The molecule has 2 aromatic heterocycles. The maximum atomic E-state index is 12.9. The largest absolute Gasteiger partial charge is 0.396 e. The lowest BCUT2D eigenvalue weighted by molar-refractivity contribution is -0.141. The summed E-state index contributed by atoms with van der Waals surface area (Å²) >= 11 is 0. The van der Waals surface area contributed by atoms with Crippen LogP contribution in [0.2, 0.25) is 0 Å². The molecule has 0 aromatic carbocycles. The number of aliphatic hydroxyl groups is 2. The summed E-state index contributed by atoms with van der Waals surface area (Å²) in [6, 6.07) is 4.28. The highest BCUT2D eigenvalue weighted by Gasteiger charge is 2.57. The molecule has 0 unspecified atom stereocenters. The minimum Gasteiger partial charge on any atom is -0.396 e. The molecule has 58 heavy (non-hydrogen) atoms. The molecule has 6 rings (SSSR count). The van der Waals surface area contributed by atoms with Crippen molar-refractivity contribution in [3.63, 3.8) is 0 Å². The highest BCUT2D eigenvalue weighted by atomic mass is 19.4. The van der Waals surface area contributed by atoms with Gasteiger partial charge < -0.3 is 30.0 Å². The number of hydrogen-bond donors (Lipinski definition) is 4. The normalized spacial score (nSPS) is 26.7. The zero-order valence-corrected chi connectivity index (χ0v) is 32.9. The van der Waals surface area contributed by atoms with Crippen LogP contribution in [0.25, 0.3) is 12.2 Å². The predicted octanol–water partition coefficient (Wildman–Crippen LogP) is 3.87. The summed E-state index contributed by atoms with van der Waals surface area (Å²) in [5.41, 5.74) is 1.53. The van der Waals surface area contributed by atoms with Crippen LogP contribution in [-0.2, 0) is 22.7 Å². The number of carbonyl (C=O) groups is 2. The van der Waals surface area contributed by atoms with Gasteiger partial charge in [0, 0.05) is 98.9 Å². The van der Waals surface area contributed by atoms with Crippen molar-refractivity contribution < 1.29 is 46.1 Å². The molecule has 320 valence electrons. The number of hydrogen-bond acceptors (Lipinski definition) is 8. The van der Waals surface area contributed by atoms with E-state index in [-0.39, 0.29) is 62.3 Å². The van der Waals surface area contributed by atoms with Crippen molar-refractivity contribution in [2.45, 2.75) is 90.1 Å². The fraction of sp³-hybridized carbons (Fsp3) is 0.600. The Bertz CT molecular complexity index is 1840. The molecular formula is C40H52F6N6O6. The maximum Gasteiger partial charge on any atom is 0.390 e. The number of allylic oxidation sites excluding steroid dienone is 2. The van der Waals surface area contributed by atoms with Crippen LogP contribution in [0.5, 0.6) is 0 Å². The smallest absolute Gasteiger partial charge is 0.390 e. The van der Waals surface area contributed by atoms with Gasteiger partial charge in [-0.1, -0.05) is 24.3 Å². The highest BCUT2D eigenvalue weighted by Crippen LogP contribution is 2.50. The van der Waals surface area contributed by atoms with Gasteiger partial charge in [-0.05, 0) is 52.0 Å². The molecule has 8 atom stereocenters. The molecule has 0 saturated carbocycles. The first kappa shape index (κ1) is 44.8. The van der Waals surface area contributed by atoms with Gasteiger partial charge in [-0.2, -0.15) is 26.3 Å². The fourth-order valence-corrected chi connectivity index (χ4v) is 9.40. The Kier molecular flexibility index (Phi) is 14.2. The first-order valence-electron chi connectivity index (χ1n) is 19.6. The minimum absolute atomic E-state index is 0.148. The van der Waals surface area contributed by atoms with E-state index < -0.39 is 73.0 Å². The van der Waals surface area contributed by atoms with Crippen molar-refractivity contribution in [3.8, 4) is 0 Å². The quantitative estimate of drug-likeness (QED) is 0.236. The minimum atomic E-state index is -4.33. The van der Waals surface area contributed by atoms with Crippen LogP contribution in [0, 0.1) is 23.7 Å². The van der Waals surface area contributed by atoms with Gasteiger partial charge in [-0.3, -0.25) is 29.0 Å². The molecule has 4 bridgehead atoms. The number of halogens is 6. The zero-order chi connectivity index (χ0) is 42.7. The molecule has 2 saturated heterocycles. The number of aromatic nitrogens is 2. The van der Waals surface area contributed by atoms with Crippen LogP contribution in [0.15, 0.2) is 46.0 Å². The number of alkyl halides is 6. The molecule has 2 fully saturated rings. The van der Waals surface area contributed by atoms with E-state index in [9.17, 15) is 55.7 Å². The number of carbonyl (C=O) groups excluding carboxylic acids is 2. The average Bonchev–Trinajstić information content (AvgIpc) is 3.52. The number of fused-ring (bicyclic) bond motifs is 8. The van der Waals surface area contributed by atoms with Crippen LogP contribution < -0.4 is 21.8 Å². The van der Waals surface area contributed by atoms with Gasteiger partial charge in [-0.15, -0.1) is 0 Å². The van der Waals surface area contributed by atoms with Gasteiger partial charge in [-0.25, -0.2) is 0 Å². The Balaban J connectivity index is 0.000000221. The van der Waals surface area contributed by atoms with E-state index in [1.54, 1.807) is 95.2 Å². The van der Waals surface area contributed by atoms with Crippen molar-refractivity contribution in [2.75, 3.05) is 39.4 Å². The summed E-state index contributed by atoms with van der Waals surface area (Å²) < 4.78 is 80.6. The van der Waals surface area contributed by atoms with E-state index in [4.69, 9.17) is 0 Å². The molecule has 4 aliphatic heterocycles. The van der Waals surface area contributed by atoms with Gasteiger partial charge in [0.15, 0.2) is 0 Å². The van der Waals surface area contributed by atoms with Gasteiger partial charge in [0.25, 0.3) is 11.1 Å². The second kappa shape index (κ2) is 18.3. The lowest BCUT2D eigenvalue weighted by atomic mass is 9.86. The molecule has 2 amide bonds. The summed E-state index contributed by atoms with van der Waals surface area (Å²) in [6.45, 7) is 6.91. The third kappa shape index (κ3) is 8.99. The van der Waals surface area contributed by atoms with Crippen molar-refractivity contribution in [3.05, 3.63) is 79.6 Å². The second-order valence-corrected chi connectivity index (χ2v) is 15.0. The van der Waals surface area contributed by atoms with Gasteiger partial charge in [0.1, 0.15) is 0 Å². The second-order valence-electron chi connectivity index (χ2n) is 15.0. The Labute approximate surface area is 332 Å². The van der Waals surface area contributed by atoms with E-state index in [0.717, 1.165) is 0 Å². The topological polar surface area (TPSA) is 149 Å². The van der Waals surface area contributed by atoms with E-state index in [0.29, 0.717) is 35.6 Å². The molecule has 0 aliphatic carbocycles. The molecule has 6 heterocycles. The van der Waals surface area contributed by atoms with Crippen molar-refractivity contribution >= 4 is 24.0 Å². The number of nitrogens with one attached hydrogen (secondary N) is 2. The van der Waals surface area contributed by atoms with Crippen molar-refractivity contribution in [1.82, 2.24) is 29.6 Å². The van der Waals surface area contributed by atoms with E-state index >= 15 is 0 Å². The van der Waals surface area contributed by atoms with E-state index in [1.165, 1.54) is 0 Å². The predicted molar refractivity (Wildman–Crippen MR) is 204 cm³/mol. The van der Waals surface area contributed by atoms with Gasteiger partial charge >= 0.3 is 12.4 Å². The van der Waals surface area contributed by atoms with Crippen molar-refractivity contribution in [2.24, 2.45) is 23.7 Å². The summed E-state index contributed by atoms with van der Waals surface area (Å²) in [7, 11) is 0. The average molecular weight is 827 g/mol. The summed E-state index contributed by atoms with van der Waals surface area (Å²) in [5, 5.41) is 25.5. The number of nitrogens with zero attached hydrogens (tertiary/aromatic N) is 4. The Morgan fingerprint density at radius 1 is 0.690 bits per heavy atom. The number of aliphatic hydroxyl groups excluding tert-OH is 2. The molecule has 4 N–H and O–H groups in total. The maximum absolute atomic E-state index is 12.9. The van der Waals surface area contributed by atoms with E-state index in [2.05, 4.69) is 10.6 Å². The lowest BCUT2D eigenvalue weighted by Gasteiger charge is -2.38. The van der Waals surface area contributed by atoms with Crippen molar-refractivity contribution in [1.29, 1.82) is 0 Å². The van der Waals surface area contributed by atoms with Crippen LogP contribution in [-0.4, -0.2) is 105 Å². The van der Waals surface area contributed by atoms with E-state index in [1.807, 2.05) is 0 Å². The van der Waals surface area contributed by atoms with Crippen LogP contribution >= 0.6 is 0 Å². The molecular weight excluding hydrogens is 774 g/mol. The third-order valence-corrected chi connectivity index (χ3v) is 11.7.